The molecule has 0 bridgehead atoms. The molecule has 1 aromatic heterocycles. The lowest BCUT2D eigenvalue weighted by atomic mass is 9.45. The molecular weight excluding hydrogens is 362 g/mol. The summed E-state index contributed by atoms with van der Waals surface area (Å²) < 4.78 is 6.08. The standard InChI is InChI=1S/C25H33NO3/c1-24-11-7-18(27)15-17(24)3-4-19-20-5-6-22(25(20,2)12-8-21(19)24)29-23(28)16-9-13-26-14-10-16/h9-10,13-14,17,19-22H,3-8,11-12,15H2,1-2H3/t17-,19-,20-,21-,22-,24-,25-/m0/s1. The van der Waals surface area contributed by atoms with E-state index in [0.29, 0.717) is 28.6 Å². The average molecular weight is 396 g/mol. The summed E-state index contributed by atoms with van der Waals surface area (Å²) in [7, 11) is 0. The Morgan fingerprint density at radius 1 is 1.00 bits per heavy atom. The summed E-state index contributed by atoms with van der Waals surface area (Å²) in [5.74, 6) is 2.98. The first-order valence-corrected chi connectivity index (χ1v) is 11.5. The molecule has 29 heavy (non-hydrogen) atoms. The highest BCUT2D eigenvalue weighted by atomic mass is 16.5. The third-order valence-electron chi connectivity index (χ3n) is 9.56. The number of aromatic nitrogens is 1. The van der Waals surface area contributed by atoms with Crippen LogP contribution in [0.1, 0.15) is 82.0 Å². The highest BCUT2D eigenvalue weighted by Crippen LogP contribution is 2.66. The van der Waals surface area contributed by atoms with E-state index in [1.165, 1.54) is 25.7 Å². The zero-order chi connectivity index (χ0) is 20.2. The molecular formula is C25H33NO3. The van der Waals surface area contributed by atoms with Gasteiger partial charge in [-0.25, -0.2) is 4.79 Å². The number of hydrogen-bond acceptors (Lipinski definition) is 4. The topological polar surface area (TPSA) is 56.3 Å². The SMILES string of the molecule is C[C@]12CCC(=O)C[C@@H]1CC[C@@H]1[C@@H]2CC[C@]2(C)[C@@H](OC(=O)c3ccncc3)CC[C@@H]12. The fourth-order valence-electron chi connectivity index (χ4n) is 7.88. The predicted molar refractivity (Wildman–Crippen MR) is 110 cm³/mol. The van der Waals surface area contributed by atoms with Crippen LogP contribution in [0.15, 0.2) is 24.5 Å². The molecule has 0 saturated heterocycles. The fraction of sp³-hybridized carbons (Fsp3) is 0.720. The van der Waals surface area contributed by atoms with Gasteiger partial charge in [0.1, 0.15) is 11.9 Å². The maximum absolute atomic E-state index is 12.7. The van der Waals surface area contributed by atoms with Gasteiger partial charge in [0, 0.05) is 30.7 Å². The smallest absolute Gasteiger partial charge is 0.338 e. The van der Waals surface area contributed by atoms with Gasteiger partial charge >= 0.3 is 5.97 Å². The normalized spacial score (nSPS) is 43.8. The summed E-state index contributed by atoms with van der Waals surface area (Å²) in [5, 5.41) is 0. The first-order chi connectivity index (χ1) is 13.9. The van der Waals surface area contributed by atoms with E-state index in [4.69, 9.17) is 4.74 Å². The Balaban J connectivity index is 1.34. The van der Waals surface area contributed by atoms with E-state index in [1.54, 1.807) is 24.5 Å². The molecule has 4 aliphatic rings. The Bertz CT molecular complexity index is 808. The quantitative estimate of drug-likeness (QED) is 0.644. The number of esters is 1. The Morgan fingerprint density at radius 3 is 2.55 bits per heavy atom. The Kier molecular flexibility index (Phi) is 4.60. The molecule has 7 atom stereocenters. The van der Waals surface area contributed by atoms with Crippen molar-refractivity contribution in [1.82, 2.24) is 4.98 Å². The molecule has 0 aliphatic heterocycles. The van der Waals surface area contributed by atoms with Crippen LogP contribution in [0, 0.1) is 34.5 Å². The van der Waals surface area contributed by atoms with Crippen molar-refractivity contribution < 1.29 is 14.3 Å². The van der Waals surface area contributed by atoms with Crippen molar-refractivity contribution in [3.63, 3.8) is 0 Å². The second-order valence-corrected chi connectivity index (χ2v) is 10.7. The lowest BCUT2D eigenvalue weighted by molar-refractivity contribution is -0.142. The maximum Gasteiger partial charge on any atom is 0.338 e. The van der Waals surface area contributed by atoms with Gasteiger partial charge in [-0.05, 0) is 86.2 Å². The Morgan fingerprint density at radius 2 is 1.76 bits per heavy atom. The summed E-state index contributed by atoms with van der Waals surface area (Å²) in [4.78, 5) is 28.8. The molecule has 4 nitrogen and oxygen atoms in total. The van der Waals surface area contributed by atoms with E-state index in [9.17, 15) is 9.59 Å². The van der Waals surface area contributed by atoms with E-state index in [-0.39, 0.29) is 17.5 Å². The van der Waals surface area contributed by atoms with Crippen molar-refractivity contribution in [2.24, 2.45) is 34.5 Å². The summed E-state index contributed by atoms with van der Waals surface area (Å²) >= 11 is 0. The van der Waals surface area contributed by atoms with Crippen molar-refractivity contribution in [1.29, 1.82) is 0 Å². The van der Waals surface area contributed by atoms with E-state index in [2.05, 4.69) is 18.8 Å². The van der Waals surface area contributed by atoms with Crippen LogP contribution in [-0.2, 0) is 9.53 Å². The third-order valence-corrected chi connectivity index (χ3v) is 9.56. The Hall–Kier alpha value is -1.71. The number of fused-ring (bicyclic) bond motifs is 5. The van der Waals surface area contributed by atoms with Gasteiger partial charge in [-0.3, -0.25) is 9.78 Å². The van der Waals surface area contributed by atoms with Crippen molar-refractivity contribution in [2.45, 2.75) is 77.7 Å². The molecule has 0 amide bonds. The van der Waals surface area contributed by atoms with E-state index >= 15 is 0 Å². The van der Waals surface area contributed by atoms with Gasteiger partial charge in [-0.2, -0.15) is 0 Å². The van der Waals surface area contributed by atoms with Gasteiger partial charge in [-0.15, -0.1) is 0 Å². The number of hydrogen-bond donors (Lipinski definition) is 0. The first kappa shape index (κ1) is 19.3. The molecule has 4 heteroatoms. The van der Waals surface area contributed by atoms with Gasteiger partial charge in [0.15, 0.2) is 0 Å². The van der Waals surface area contributed by atoms with E-state index < -0.39 is 0 Å². The van der Waals surface area contributed by atoms with Gasteiger partial charge < -0.3 is 4.74 Å². The Labute approximate surface area is 173 Å². The highest BCUT2D eigenvalue weighted by molar-refractivity contribution is 5.89. The molecule has 0 N–H and O–H groups in total. The van der Waals surface area contributed by atoms with Gasteiger partial charge in [-0.1, -0.05) is 13.8 Å². The molecule has 1 heterocycles. The second kappa shape index (κ2) is 6.92. The van der Waals surface area contributed by atoms with Crippen molar-refractivity contribution in [3.05, 3.63) is 30.1 Å². The number of rotatable bonds is 2. The molecule has 0 radical (unpaired) electrons. The lowest BCUT2D eigenvalue weighted by Crippen LogP contribution is -2.54. The molecule has 4 aliphatic carbocycles. The molecule has 0 spiro atoms. The minimum absolute atomic E-state index is 0.0209. The number of carbonyl (C=O) groups excluding carboxylic acids is 2. The molecule has 5 rings (SSSR count). The minimum atomic E-state index is -0.206. The number of ether oxygens (including phenoxy) is 1. The van der Waals surface area contributed by atoms with E-state index in [0.717, 1.165) is 43.9 Å². The summed E-state index contributed by atoms with van der Waals surface area (Å²) in [6, 6.07) is 3.47. The zero-order valence-corrected chi connectivity index (χ0v) is 17.7. The van der Waals surface area contributed by atoms with Crippen LogP contribution in [0.4, 0.5) is 0 Å². The monoisotopic (exact) mass is 395 g/mol. The van der Waals surface area contributed by atoms with Crippen LogP contribution in [0.3, 0.4) is 0 Å². The number of Topliss-reactive ketones (excluding diaryl/α,β-unsaturated/α-hetero) is 1. The molecule has 1 aromatic rings. The van der Waals surface area contributed by atoms with Gasteiger partial charge in [0.2, 0.25) is 0 Å². The summed E-state index contributed by atoms with van der Waals surface area (Å²) in [6.45, 7) is 4.86. The molecule has 0 aromatic carbocycles. The number of nitrogens with zero attached hydrogens (tertiary/aromatic N) is 1. The minimum Gasteiger partial charge on any atom is -0.458 e. The van der Waals surface area contributed by atoms with E-state index in [1.807, 2.05) is 0 Å². The van der Waals surface area contributed by atoms with Crippen LogP contribution in [-0.4, -0.2) is 22.8 Å². The van der Waals surface area contributed by atoms with Crippen LogP contribution < -0.4 is 0 Å². The number of carbonyl (C=O) groups is 2. The van der Waals surface area contributed by atoms with Crippen LogP contribution in [0.25, 0.3) is 0 Å². The predicted octanol–water partition coefficient (Wildman–Crippen LogP) is 5.22. The fourth-order valence-corrected chi connectivity index (χ4v) is 7.88. The van der Waals surface area contributed by atoms with Gasteiger partial charge in [0.05, 0.1) is 5.56 Å². The zero-order valence-electron chi connectivity index (χ0n) is 17.7. The van der Waals surface area contributed by atoms with Crippen molar-refractivity contribution >= 4 is 11.8 Å². The summed E-state index contributed by atoms with van der Waals surface area (Å²) in [5.41, 5.74) is 1.03. The first-order valence-electron chi connectivity index (χ1n) is 11.5. The van der Waals surface area contributed by atoms with Crippen molar-refractivity contribution in [2.75, 3.05) is 0 Å². The van der Waals surface area contributed by atoms with Crippen LogP contribution in [0.2, 0.25) is 0 Å². The highest BCUT2D eigenvalue weighted by Gasteiger charge is 2.61. The van der Waals surface area contributed by atoms with Crippen molar-refractivity contribution in [3.8, 4) is 0 Å². The lowest BCUT2D eigenvalue weighted by Gasteiger charge is -2.60. The molecule has 4 fully saturated rings. The van der Waals surface area contributed by atoms with Crippen LogP contribution in [0.5, 0.6) is 0 Å². The second-order valence-electron chi connectivity index (χ2n) is 10.7. The number of ketones is 1. The molecule has 4 saturated carbocycles. The largest absolute Gasteiger partial charge is 0.458 e. The van der Waals surface area contributed by atoms with Crippen LogP contribution >= 0.6 is 0 Å². The number of pyridine rings is 1. The molecule has 0 unspecified atom stereocenters. The maximum atomic E-state index is 12.7. The average Bonchev–Trinajstić information content (AvgIpc) is 3.05. The molecule has 156 valence electrons. The van der Waals surface area contributed by atoms with Gasteiger partial charge in [0.25, 0.3) is 0 Å². The third kappa shape index (κ3) is 2.97. The summed E-state index contributed by atoms with van der Waals surface area (Å²) in [6.07, 6.45) is 13.0.